The molecule has 0 saturated carbocycles. The van der Waals surface area contributed by atoms with Crippen LogP contribution in [0.4, 0.5) is 5.69 Å². The van der Waals surface area contributed by atoms with Crippen molar-refractivity contribution in [3.63, 3.8) is 0 Å². The Labute approximate surface area is 115 Å². The SMILES string of the molecule is Cc1c(N)cc(Cl)cc1Cc1ccc(Br)cc1. The van der Waals surface area contributed by atoms with Crippen LogP contribution in [0.15, 0.2) is 40.9 Å². The Morgan fingerprint density at radius 2 is 1.82 bits per heavy atom. The summed E-state index contributed by atoms with van der Waals surface area (Å²) < 4.78 is 1.09. The van der Waals surface area contributed by atoms with Gasteiger partial charge in [-0.3, -0.25) is 0 Å². The second-order valence-electron chi connectivity index (χ2n) is 4.08. The molecule has 0 amide bonds. The Balaban J connectivity index is 2.32. The van der Waals surface area contributed by atoms with Gasteiger partial charge in [-0.15, -0.1) is 0 Å². The number of hydrogen-bond donors (Lipinski definition) is 1. The molecule has 2 aromatic carbocycles. The summed E-state index contributed by atoms with van der Waals surface area (Å²) in [4.78, 5) is 0. The van der Waals surface area contributed by atoms with Crippen LogP contribution < -0.4 is 5.73 Å². The lowest BCUT2D eigenvalue weighted by Gasteiger charge is -2.09. The number of hydrogen-bond acceptors (Lipinski definition) is 1. The predicted octanol–water partition coefficient (Wildman–Crippen LogP) is 4.58. The van der Waals surface area contributed by atoms with Crippen LogP contribution in [0.3, 0.4) is 0 Å². The zero-order valence-electron chi connectivity index (χ0n) is 9.50. The number of nitrogen functional groups attached to an aromatic ring is 1. The molecule has 0 aliphatic heterocycles. The van der Waals surface area contributed by atoms with Crippen LogP contribution in [0.5, 0.6) is 0 Å². The lowest BCUT2D eigenvalue weighted by atomic mass is 9.99. The number of halogens is 2. The molecule has 0 aliphatic rings. The Hall–Kier alpha value is -0.990. The second kappa shape index (κ2) is 5.11. The van der Waals surface area contributed by atoms with Gasteiger partial charge in [-0.25, -0.2) is 0 Å². The van der Waals surface area contributed by atoms with Crippen molar-refractivity contribution in [2.75, 3.05) is 5.73 Å². The van der Waals surface area contributed by atoms with Gasteiger partial charge in [0.1, 0.15) is 0 Å². The van der Waals surface area contributed by atoms with Crippen LogP contribution in [0, 0.1) is 6.92 Å². The molecule has 0 radical (unpaired) electrons. The third-order valence-electron chi connectivity index (χ3n) is 2.83. The summed E-state index contributed by atoms with van der Waals surface area (Å²) >= 11 is 9.45. The molecule has 2 aromatic rings. The Morgan fingerprint density at radius 1 is 1.18 bits per heavy atom. The van der Waals surface area contributed by atoms with E-state index in [-0.39, 0.29) is 0 Å². The van der Waals surface area contributed by atoms with Gasteiger partial charge in [-0.1, -0.05) is 39.7 Å². The van der Waals surface area contributed by atoms with Gasteiger partial charge in [-0.2, -0.15) is 0 Å². The molecule has 0 spiro atoms. The summed E-state index contributed by atoms with van der Waals surface area (Å²) in [6, 6.07) is 12.1. The van der Waals surface area contributed by atoms with E-state index in [0.717, 1.165) is 22.1 Å². The number of anilines is 1. The number of rotatable bonds is 2. The van der Waals surface area contributed by atoms with E-state index in [0.29, 0.717) is 5.02 Å². The zero-order chi connectivity index (χ0) is 12.4. The summed E-state index contributed by atoms with van der Waals surface area (Å²) in [5.74, 6) is 0. The minimum absolute atomic E-state index is 0.695. The zero-order valence-corrected chi connectivity index (χ0v) is 11.8. The molecule has 0 aliphatic carbocycles. The van der Waals surface area contributed by atoms with E-state index in [1.54, 1.807) is 6.07 Å². The minimum Gasteiger partial charge on any atom is -0.398 e. The number of benzene rings is 2. The highest BCUT2D eigenvalue weighted by Gasteiger charge is 2.05. The molecule has 0 bridgehead atoms. The molecule has 2 rings (SSSR count). The smallest absolute Gasteiger partial charge is 0.0429 e. The minimum atomic E-state index is 0.695. The van der Waals surface area contributed by atoms with Gasteiger partial charge in [0.2, 0.25) is 0 Å². The molecule has 1 nitrogen and oxygen atoms in total. The lowest BCUT2D eigenvalue weighted by Crippen LogP contribution is -1.97. The van der Waals surface area contributed by atoms with E-state index in [1.165, 1.54) is 11.1 Å². The Morgan fingerprint density at radius 3 is 2.47 bits per heavy atom. The van der Waals surface area contributed by atoms with Gasteiger partial charge < -0.3 is 5.73 Å². The van der Waals surface area contributed by atoms with Crippen LogP contribution in [0.25, 0.3) is 0 Å². The summed E-state index contributed by atoms with van der Waals surface area (Å²) in [6.07, 6.45) is 0.851. The van der Waals surface area contributed by atoms with Crippen molar-refractivity contribution in [2.45, 2.75) is 13.3 Å². The first-order valence-electron chi connectivity index (χ1n) is 5.35. The van der Waals surface area contributed by atoms with Crippen LogP contribution in [0.1, 0.15) is 16.7 Å². The van der Waals surface area contributed by atoms with Gasteiger partial charge in [0.15, 0.2) is 0 Å². The van der Waals surface area contributed by atoms with Crippen LogP contribution in [0.2, 0.25) is 5.02 Å². The highest BCUT2D eigenvalue weighted by atomic mass is 79.9. The first-order valence-corrected chi connectivity index (χ1v) is 6.52. The van der Waals surface area contributed by atoms with Crippen molar-refractivity contribution < 1.29 is 0 Å². The van der Waals surface area contributed by atoms with Crippen molar-refractivity contribution in [3.05, 3.63) is 62.6 Å². The van der Waals surface area contributed by atoms with E-state index in [9.17, 15) is 0 Å². The van der Waals surface area contributed by atoms with Crippen molar-refractivity contribution in [1.29, 1.82) is 0 Å². The van der Waals surface area contributed by atoms with Crippen molar-refractivity contribution in [2.24, 2.45) is 0 Å². The van der Waals surface area contributed by atoms with Gasteiger partial charge >= 0.3 is 0 Å². The standard InChI is InChI=1S/C14H13BrClN/c1-9-11(7-13(16)8-14(9)17)6-10-2-4-12(15)5-3-10/h2-5,7-8H,6,17H2,1H3. The van der Waals surface area contributed by atoms with Crippen LogP contribution in [-0.4, -0.2) is 0 Å². The maximum Gasteiger partial charge on any atom is 0.0429 e. The highest BCUT2D eigenvalue weighted by Crippen LogP contribution is 2.24. The summed E-state index contributed by atoms with van der Waals surface area (Å²) in [6.45, 7) is 2.03. The Kier molecular flexibility index (Phi) is 3.75. The molecule has 0 heterocycles. The molecular formula is C14H13BrClN. The normalized spacial score (nSPS) is 10.5. The maximum atomic E-state index is 6.03. The third kappa shape index (κ3) is 3.02. The molecule has 0 saturated heterocycles. The van der Waals surface area contributed by atoms with E-state index in [4.69, 9.17) is 17.3 Å². The summed E-state index contributed by atoms with van der Waals surface area (Å²) in [5, 5.41) is 0.695. The lowest BCUT2D eigenvalue weighted by molar-refractivity contribution is 1.16. The van der Waals surface area contributed by atoms with E-state index >= 15 is 0 Å². The molecule has 88 valence electrons. The van der Waals surface area contributed by atoms with Gasteiger partial charge in [0.05, 0.1) is 0 Å². The van der Waals surface area contributed by atoms with E-state index < -0.39 is 0 Å². The fourth-order valence-electron chi connectivity index (χ4n) is 1.76. The molecule has 0 atom stereocenters. The quantitative estimate of drug-likeness (QED) is 0.807. The molecule has 2 N–H and O–H groups in total. The molecular weight excluding hydrogens is 298 g/mol. The molecule has 0 aromatic heterocycles. The third-order valence-corrected chi connectivity index (χ3v) is 3.57. The fourth-order valence-corrected chi connectivity index (χ4v) is 2.28. The predicted molar refractivity (Wildman–Crippen MR) is 77.5 cm³/mol. The van der Waals surface area contributed by atoms with Gasteiger partial charge in [-0.05, 0) is 54.3 Å². The largest absolute Gasteiger partial charge is 0.398 e. The fraction of sp³-hybridized carbons (Fsp3) is 0.143. The highest BCUT2D eigenvalue weighted by molar-refractivity contribution is 9.10. The summed E-state index contributed by atoms with van der Waals surface area (Å²) in [5.41, 5.74) is 10.2. The average Bonchev–Trinajstić information content (AvgIpc) is 2.28. The van der Waals surface area contributed by atoms with Gasteiger partial charge in [0.25, 0.3) is 0 Å². The molecule has 0 unspecified atom stereocenters. The monoisotopic (exact) mass is 309 g/mol. The summed E-state index contributed by atoms with van der Waals surface area (Å²) in [7, 11) is 0. The van der Waals surface area contributed by atoms with Crippen LogP contribution in [-0.2, 0) is 6.42 Å². The van der Waals surface area contributed by atoms with Crippen molar-refractivity contribution >= 4 is 33.2 Å². The van der Waals surface area contributed by atoms with Crippen LogP contribution >= 0.6 is 27.5 Å². The first-order chi connectivity index (χ1) is 8.06. The second-order valence-corrected chi connectivity index (χ2v) is 5.43. The van der Waals surface area contributed by atoms with E-state index in [1.807, 2.05) is 25.1 Å². The van der Waals surface area contributed by atoms with Crippen molar-refractivity contribution in [3.8, 4) is 0 Å². The first kappa shape index (κ1) is 12.5. The molecule has 0 fully saturated rings. The average molecular weight is 311 g/mol. The van der Waals surface area contributed by atoms with Crippen molar-refractivity contribution in [1.82, 2.24) is 0 Å². The Bertz CT molecular complexity index is 535. The molecule has 17 heavy (non-hydrogen) atoms. The maximum absolute atomic E-state index is 6.03. The topological polar surface area (TPSA) is 26.0 Å². The number of nitrogens with two attached hydrogens (primary N) is 1. The van der Waals surface area contributed by atoms with E-state index in [2.05, 4.69) is 28.1 Å². The van der Waals surface area contributed by atoms with Gasteiger partial charge in [0, 0.05) is 15.2 Å². The molecule has 3 heteroatoms.